The quantitative estimate of drug-likeness (QED) is 0.380. The molecule has 0 atom stereocenters. The molecule has 0 amide bonds. The first kappa shape index (κ1) is 14.7. The summed E-state index contributed by atoms with van der Waals surface area (Å²) in [6.07, 6.45) is 2.29. The topological polar surface area (TPSA) is 71.1 Å². The fourth-order valence-corrected chi connectivity index (χ4v) is 2.52. The van der Waals surface area contributed by atoms with E-state index in [1.807, 2.05) is 0 Å². The number of oxime groups is 1. The summed E-state index contributed by atoms with van der Waals surface area (Å²) in [5.74, 6) is -0.459. The van der Waals surface area contributed by atoms with Crippen LogP contribution in [-0.4, -0.2) is 42.2 Å². The molecule has 0 aromatic heterocycles. The normalized spacial score (nSPS) is 18.4. The van der Waals surface area contributed by atoms with E-state index in [1.54, 1.807) is 13.2 Å². The monoisotopic (exact) mass is 281 g/mol. The van der Waals surface area contributed by atoms with Crippen LogP contribution < -0.4 is 5.73 Å². The Balaban J connectivity index is 2.10. The summed E-state index contributed by atoms with van der Waals surface area (Å²) in [4.78, 5) is 2.26. The molecule has 0 unspecified atom stereocenters. The molecular formula is C14H20FN3O2. The molecule has 0 aliphatic carbocycles. The molecule has 2 rings (SSSR count). The van der Waals surface area contributed by atoms with Gasteiger partial charge in [0.25, 0.3) is 0 Å². The van der Waals surface area contributed by atoms with Crippen molar-refractivity contribution in [3.05, 3.63) is 35.1 Å². The molecule has 1 aliphatic rings. The standard InChI is InChI=1S/C14H20FN3O2/c1-20-12-4-6-18(7-5-12)9-10-2-3-11(15)8-13(10)14(16)17-19/h2-3,8,12,19H,4-7,9H2,1H3,(H2,16,17). The molecule has 1 aromatic rings. The SMILES string of the molecule is COC1CCN(Cc2ccc(F)cc2C(N)=NO)CC1. The number of amidine groups is 1. The van der Waals surface area contributed by atoms with Crippen LogP contribution in [-0.2, 0) is 11.3 Å². The minimum Gasteiger partial charge on any atom is -0.409 e. The number of rotatable bonds is 4. The van der Waals surface area contributed by atoms with E-state index in [-0.39, 0.29) is 5.84 Å². The van der Waals surface area contributed by atoms with Gasteiger partial charge < -0.3 is 15.7 Å². The van der Waals surface area contributed by atoms with Gasteiger partial charge in [-0.3, -0.25) is 4.90 Å². The first-order chi connectivity index (χ1) is 9.63. The number of piperidine rings is 1. The van der Waals surface area contributed by atoms with E-state index in [4.69, 9.17) is 15.7 Å². The van der Waals surface area contributed by atoms with Gasteiger partial charge in [0.15, 0.2) is 5.84 Å². The zero-order valence-electron chi connectivity index (χ0n) is 11.6. The van der Waals surface area contributed by atoms with E-state index in [1.165, 1.54) is 12.1 Å². The van der Waals surface area contributed by atoms with Crippen molar-refractivity contribution in [1.29, 1.82) is 0 Å². The third-order valence-electron chi connectivity index (χ3n) is 3.72. The summed E-state index contributed by atoms with van der Waals surface area (Å²) in [5, 5.41) is 11.8. The maximum absolute atomic E-state index is 13.3. The lowest BCUT2D eigenvalue weighted by atomic mass is 10.0. The Labute approximate surface area is 117 Å². The van der Waals surface area contributed by atoms with Gasteiger partial charge in [-0.05, 0) is 30.5 Å². The zero-order valence-corrected chi connectivity index (χ0v) is 11.6. The summed E-state index contributed by atoms with van der Waals surface area (Å²) >= 11 is 0. The molecule has 6 heteroatoms. The molecule has 1 fully saturated rings. The molecule has 0 saturated carbocycles. The van der Waals surface area contributed by atoms with Gasteiger partial charge in [-0.2, -0.15) is 0 Å². The van der Waals surface area contributed by atoms with Crippen LogP contribution in [0.2, 0.25) is 0 Å². The Hall–Kier alpha value is -1.66. The fraction of sp³-hybridized carbons (Fsp3) is 0.500. The van der Waals surface area contributed by atoms with Crippen LogP contribution in [0.1, 0.15) is 24.0 Å². The van der Waals surface area contributed by atoms with Crippen molar-refractivity contribution < 1.29 is 14.3 Å². The second kappa shape index (κ2) is 6.67. The third kappa shape index (κ3) is 3.46. The highest BCUT2D eigenvalue weighted by atomic mass is 19.1. The van der Waals surface area contributed by atoms with Gasteiger partial charge >= 0.3 is 0 Å². The Morgan fingerprint density at radius 3 is 2.80 bits per heavy atom. The number of benzene rings is 1. The van der Waals surface area contributed by atoms with Crippen molar-refractivity contribution >= 4 is 5.84 Å². The average molecular weight is 281 g/mol. The highest BCUT2D eigenvalue weighted by Gasteiger charge is 2.20. The van der Waals surface area contributed by atoms with Gasteiger partial charge in [0.05, 0.1) is 6.10 Å². The number of nitrogens with zero attached hydrogens (tertiary/aromatic N) is 2. The second-order valence-corrected chi connectivity index (χ2v) is 5.00. The second-order valence-electron chi connectivity index (χ2n) is 5.00. The van der Waals surface area contributed by atoms with Crippen LogP contribution >= 0.6 is 0 Å². The van der Waals surface area contributed by atoms with Crippen molar-refractivity contribution in [3.63, 3.8) is 0 Å². The Bertz CT molecular complexity index is 485. The highest BCUT2D eigenvalue weighted by molar-refractivity contribution is 5.98. The molecule has 20 heavy (non-hydrogen) atoms. The number of likely N-dealkylation sites (tertiary alicyclic amines) is 1. The van der Waals surface area contributed by atoms with Crippen molar-refractivity contribution in [1.82, 2.24) is 4.90 Å². The minimum absolute atomic E-state index is 0.0636. The maximum Gasteiger partial charge on any atom is 0.170 e. The van der Waals surface area contributed by atoms with Crippen LogP contribution in [0.15, 0.2) is 23.4 Å². The summed E-state index contributed by atoms with van der Waals surface area (Å²) in [7, 11) is 1.73. The molecule has 110 valence electrons. The van der Waals surface area contributed by atoms with Gasteiger partial charge in [0, 0.05) is 32.3 Å². The van der Waals surface area contributed by atoms with E-state index < -0.39 is 5.82 Å². The van der Waals surface area contributed by atoms with Crippen LogP contribution in [0, 0.1) is 5.82 Å². The van der Waals surface area contributed by atoms with Crippen LogP contribution in [0.3, 0.4) is 0 Å². The predicted octanol–water partition coefficient (Wildman–Crippen LogP) is 1.53. The maximum atomic E-state index is 13.3. The van der Waals surface area contributed by atoms with E-state index in [2.05, 4.69) is 10.1 Å². The van der Waals surface area contributed by atoms with Crippen LogP contribution in [0.5, 0.6) is 0 Å². The van der Waals surface area contributed by atoms with Crippen molar-refractivity contribution in [2.45, 2.75) is 25.5 Å². The number of nitrogens with two attached hydrogens (primary N) is 1. The van der Waals surface area contributed by atoms with Gasteiger partial charge in [-0.1, -0.05) is 11.2 Å². The van der Waals surface area contributed by atoms with Gasteiger partial charge in [0.2, 0.25) is 0 Å². The van der Waals surface area contributed by atoms with Gasteiger partial charge in [0.1, 0.15) is 5.82 Å². The van der Waals surface area contributed by atoms with Gasteiger partial charge in [-0.25, -0.2) is 4.39 Å². The number of hydrogen-bond donors (Lipinski definition) is 2. The van der Waals surface area contributed by atoms with Crippen molar-refractivity contribution in [2.24, 2.45) is 10.9 Å². The summed E-state index contributed by atoms with van der Waals surface area (Å²) in [5.41, 5.74) is 6.91. The number of hydrogen-bond acceptors (Lipinski definition) is 4. The molecule has 1 heterocycles. The third-order valence-corrected chi connectivity index (χ3v) is 3.72. The highest BCUT2D eigenvalue weighted by Crippen LogP contribution is 2.18. The molecule has 5 nitrogen and oxygen atoms in total. The van der Waals surface area contributed by atoms with E-state index in [0.29, 0.717) is 18.2 Å². The summed E-state index contributed by atoms with van der Waals surface area (Å²) in [6.45, 7) is 2.50. The number of halogens is 1. The van der Waals surface area contributed by atoms with Gasteiger partial charge in [-0.15, -0.1) is 0 Å². The smallest absolute Gasteiger partial charge is 0.170 e. The Kier molecular flexibility index (Phi) is 4.92. The van der Waals surface area contributed by atoms with E-state index in [0.717, 1.165) is 31.5 Å². The molecule has 0 radical (unpaired) electrons. The predicted molar refractivity (Wildman–Crippen MR) is 74.2 cm³/mol. The lowest BCUT2D eigenvalue weighted by Crippen LogP contribution is -2.36. The molecule has 3 N–H and O–H groups in total. The lowest BCUT2D eigenvalue weighted by molar-refractivity contribution is 0.0388. The summed E-state index contributed by atoms with van der Waals surface area (Å²) < 4.78 is 18.6. The zero-order chi connectivity index (χ0) is 14.5. The summed E-state index contributed by atoms with van der Waals surface area (Å²) in [6, 6.07) is 4.38. The van der Waals surface area contributed by atoms with Crippen LogP contribution in [0.25, 0.3) is 0 Å². The lowest BCUT2D eigenvalue weighted by Gasteiger charge is -2.31. The Morgan fingerprint density at radius 1 is 1.50 bits per heavy atom. The molecule has 0 spiro atoms. The molecule has 1 saturated heterocycles. The van der Waals surface area contributed by atoms with Crippen molar-refractivity contribution in [2.75, 3.05) is 20.2 Å². The molecule has 1 aliphatic heterocycles. The number of methoxy groups -OCH3 is 1. The number of ether oxygens (including phenoxy) is 1. The van der Waals surface area contributed by atoms with Crippen LogP contribution in [0.4, 0.5) is 4.39 Å². The average Bonchev–Trinajstić information content (AvgIpc) is 2.49. The minimum atomic E-state index is -0.395. The molecular weight excluding hydrogens is 261 g/mol. The molecule has 0 bridgehead atoms. The first-order valence-electron chi connectivity index (χ1n) is 6.65. The fourth-order valence-electron chi connectivity index (χ4n) is 2.52. The largest absolute Gasteiger partial charge is 0.409 e. The Morgan fingerprint density at radius 2 is 2.20 bits per heavy atom. The molecule has 1 aromatic carbocycles. The first-order valence-corrected chi connectivity index (χ1v) is 6.65. The van der Waals surface area contributed by atoms with E-state index in [9.17, 15) is 4.39 Å². The van der Waals surface area contributed by atoms with E-state index >= 15 is 0 Å². The van der Waals surface area contributed by atoms with Crippen molar-refractivity contribution in [3.8, 4) is 0 Å².